The lowest BCUT2D eigenvalue weighted by Crippen LogP contribution is -2.55. The molecule has 1 aromatic heterocycles. The standard InChI is InChI=1S/C20H26ClN5O2/c1-4-5-15-17(21)18-16(19(23-15)25-9-8-24(3)11-13(25)2)20(27)26-7-6-22-10-14(26)12-28-18/h13-14,22H,6-12H2,1-3H3/t13-,14+/m0/s1. The number of ether oxygens (including phenoxy) is 1. The number of hydrogen-bond donors (Lipinski definition) is 1. The van der Waals surface area contributed by atoms with Gasteiger partial charge in [-0.05, 0) is 26.8 Å². The first-order valence-corrected chi connectivity index (χ1v) is 10.1. The van der Waals surface area contributed by atoms with Crippen LogP contribution in [0, 0.1) is 11.8 Å². The molecule has 0 saturated carbocycles. The molecule has 1 N–H and O–H groups in total. The Balaban J connectivity index is 1.87. The van der Waals surface area contributed by atoms with Crippen molar-refractivity contribution >= 4 is 23.3 Å². The van der Waals surface area contributed by atoms with E-state index in [0.29, 0.717) is 47.5 Å². The van der Waals surface area contributed by atoms with Crippen molar-refractivity contribution in [2.45, 2.75) is 25.9 Å². The maximum atomic E-state index is 13.6. The van der Waals surface area contributed by atoms with Gasteiger partial charge >= 0.3 is 0 Å². The second-order valence-electron chi connectivity index (χ2n) is 7.65. The van der Waals surface area contributed by atoms with E-state index in [1.54, 1.807) is 6.92 Å². The predicted molar refractivity (Wildman–Crippen MR) is 109 cm³/mol. The van der Waals surface area contributed by atoms with Crippen LogP contribution in [-0.4, -0.2) is 85.7 Å². The Hall–Kier alpha value is -2.01. The van der Waals surface area contributed by atoms with Crippen LogP contribution in [0.3, 0.4) is 0 Å². The molecule has 4 heterocycles. The molecule has 2 atom stereocenters. The number of amides is 1. The SMILES string of the molecule is CC#Cc1nc(N2CCN(C)C[C@@H]2C)c2c(c1Cl)OC[C@H]1CNCCN1C2=O. The molecule has 0 aromatic carbocycles. The van der Waals surface area contributed by atoms with Gasteiger partial charge in [-0.1, -0.05) is 17.5 Å². The molecule has 150 valence electrons. The molecule has 1 amide bonds. The number of nitrogens with zero attached hydrogens (tertiary/aromatic N) is 4. The molecule has 28 heavy (non-hydrogen) atoms. The van der Waals surface area contributed by atoms with Crippen LogP contribution in [-0.2, 0) is 0 Å². The maximum absolute atomic E-state index is 13.6. The number of carbonyl (C=O) groups is 1. The van der Waals surface area contributed by atoms with E-state index in [4.69, 9.17) is 21.3 Å². The van der Waals surface area contributed by atoms with E-state index in [-0.39, 0.29) is 18.0 Å². The molecule has 0 aliphatic carbocycles. The van der Waals surface area contributed by atoms with Gasteiger partial charge in [0.1, 0.15) is 28.7 Å². The first-order chi connectivity index (χ1) is 13.5. The highest BCUT2D eigenvalue weighted by Gasteiger charge is 2.39. The summed E-state index contributed by atoms with van der Waals surface area (Å²) in [6.45, 7) is 9.05. The van der Waals surface area contributed by atoms with Gasteiger partial charge in [0, 0.05) is 45.3 Å². The van der Waals surface area contributed by atoms with Crippen molar-refractivity contribution in [3.63, 3.8) is 0 Å². The van der Waals surface area contributed by atoms with Crippen molar-refractivity contribution in [3.8, 4) is 17.6 Å². The van der Waals surface area contributed by atoms with Gasteiger partial charge in [0.15, 0.2) is 5.75 Å². The first-order valence-electron chi connectivity index (χ1n) is 9.77. The molecule has 8 heteroatoms. The molecule has 3 aliphatic rings. The average Bonchev–Trinajstić information content (AvgIpc) is 2.82. The summed E-state index contributed by atoms with van der Waals surface area (Å²) in [5.74, 6) is 6.87. The Morgan fingerprint density at radius 2 is 2.11 bits per heavy atom. The molecule has 0 spiro atoms. The van der Waals surface area contributed by atoms with E-state index in [1.165, 1.54) is 0 Å². The third-order valence-electron chi connectivity index (χ3n) is 5.67. The highest BCUT2D eigenvalue weighted by atomic mass is 35.5. The van der Waals surface area contributed by atoms with Gasteiger partial charge in [-0.3, -0.25) is 4.79 Å². The number of nitrogens with one attached hydrogen (secondary N) is 1. The van der Waals surface area contributed by atoms with E-state index in [2.05, 4.69) is 40.9 Å². The van der Waals surface area contributed by atoms with E-state index in [9.17, 15) is 4.79 Å². The van der Waals surface area contributed by atoms with Crippen LogP contribution in [0.2, 0.25) is 5.02 Å². The molecule has 4 rings (SSSR count). The summed E-state index contributed by atoms with van der Waals surface area (Å²) >= 11 is 6.61. The fraction of sp³-hybridized carbons (Fsp3) is 0.600. The summed E-state index contributed by atoms with van der Waals surface area (Å²) in [7, 11) is 2.11. The largest absolute Gasteiger partial charge is 0.489 e. The topological polar surface area (TPSA) is 60.9 Å². The van der Waals surface area contributed by atoms with Gasteiger partial charge in [-0.2, -0.15) is 0 Å². The molecule has 3 aliphatic heterocycles. The minimum atomic E-state index is -0.0504. The van der Waals surface area contributed by atoms with Crippen LogP contribution in [0.1, 0.15) is 29.9 Å². The summed E-state index contributed by atoms with van der Waals surface area (Å²) in [4.78, 5) is 24.7. The summed E-state index contributed by atoms with van der Waals surface area (Å²) in [5, 5.41) is 3.66. The number of aromatic nitrogens is 1. The zero-order chi connectivity index (χ0) is 19.8. The van der Waals surface area contributed by atoms with Gasteiger partial charge in [-0.15, -0.1) is 0 Å². The second kappa shape index (κ2) is 7.78. The quantitative estimate of drug-likeness (QED) is 0.707. The lowest BCUT2D eigenvalue weighted by Gasteiger charge is -2.40. The highest BCUT2D eigenvalue weighted by molar-refractivity contribution is 6.34. The van der Waals surface area contributed by atoms with Crippen molar-refractivity contribution in [2.24, 2.45) is 0 Å². The van der Waals surface area contributed by atoms with Crippen molar-refractivity contribution in [1.82, 2.24) is 20.1 Å². The number of anilines is 1. The fourth-order valence-electron chi connectivity index (χ4n) is 4.22. The average molecular weight is 404 g/mol. The Morgan fingerprint density at radius 1 is 1.29 bits per heavy atom. The third kappa shape index (κ3) is 3.30. The molecular formula is C20H26ClN5O2. The van der Waals surface area contributed by atoms with Gasteiger partial charge in [-0.25, -0.2) is 4.98 Å². The number of carbonyl (C=O) groups excluding carboxylic acids is 1. The second-order valence-corrected chi connectivity index (χ2v) is 8.03. The van der Waals surface area contributed by atoms with Crippen molar-refractivity contribution < 1.29 is 9.53 Å². The smallest absolute Gasteiger partial charge is 0.261 e. The monoisotopic (exact) mass is 403 g/mol. The van der Waals surface area contributed by atoms with Gasteiger partial charge in [0.25, 0.3) is 5.91 Å². The van der Waals surface area contributed by atoms with Crippen LogP contribution in [0.4, 0.5) is 5.82 Å². The van der Waals surface area contributed by atoms with E-state index in [1.807, 2.05) is 4.90 Å². The van der Waals surface area contributed by atoms with Crippen LogP contribution in [0.15, 0.2) is 0 Å². The molecule has 7 nitrogen and oxygen atoms in total. The summed E-state index contributed by atoms with van der Waals surface area (Å²) in [6.07, 6.45) is 0. The molecule has 1 aromatic rings. The molecule has 2 saturated heterocycles. The molecule has 0 unspecified atom stereocenters. The molecular weight excluding hydrogens is 378 g/mol. The highest BCUT2D eigenvalue weighted by Crippen LogP contribution is 2.40. The lowest BCUT2D eigenvalue weighted by molar-refractivity contribution is 0.0606. The van der Waals surface area contributed by atoms with Crippen LogP contribution < -0.4 is 15.0 Å². The van der Waals surface area contributed by atoms with Crippen LogP contribution >= 0.6 is 11.6 Å². The minimum Gasteiger partial charge on any atom is -0.489 e. The summed E-state index contributed by atoms with van der Waals surface area (Å²) < 4.78 is 6.11. The Labute approximate surface area is 171 Å². The van der Waals surface area contributed by atoms with E-state index >= 15 is 0 Å². The molecule has 0 radical (unpaired) electrons. The summed E-state index contributed by atoms with van der Waals surface area (Å²) in [5.41, 5.74) is 0.947. The van der Waals surface area contributed by atoms with Gasteiger partial charge in [0.05, 0.1) is 6.04 Å². The molecule has 0 bridgehead atoms. The zero-order valence-corrected chi connectivity index (χ0v) is 17.3. The fourth-order valence-corrected chi connectivity index (χ4v) is 4.46. The maximum Gasteiger partial charge on any atom is 0.261 e. The van der Waals surface area contributed by atoms with Gasteiger partial charge in [0.2, 0.25) is 0 Å². The number of likely N-dealkylation sites (N-methyl/N-ethyl adjacent to an activating group) is 1. The third-order valence-corrected chi connectivity index (χ3v) is 6.02. The van der Waals surface area contributed by atoms with Gasteiger partial charge < -0.3 is 24.8 Å². The number of hydrogen-bond acceptors (Lipinski definition) is 6. The Kier molecular flexibility index (Phi) is 5.37. The van der Waals surface area contributed by atoms with Crippen molar-refractivity contribution in [3.05, 3.63) is 16.3 Å². The number of fused-ring (bicyclic) bond motifs is 2. The van der Waals surface area contributed by atoms with E-state index < -0.39 is 0 Å². The lowest BCUT2D eigenvalue weighted by atomic mass is 10.1. The zero-order valence-electron chi connectivity index (χ0n) is 16.6. The first kappa shape index (κ1) is 19.3. The minimum absolute atomic E-state index is 0.0109. The predicted octanol–water partition coefficient (Wildman–Crippen LogP) is 1.05. The summed E-state index contributed by atoms with van der Waals surface area (Å²) in [6, 6.07) is 0.206. The molecule has 2 fully saturated rings. The Bertz CT molecular complexity index is 849. The number of piperazine rings is 2. The number of halogens is 1. The number of rotatable bonds is 1. The number of pyridine rings is 1. The van der Waals surface area contributed by atoms with Crippen molar-refractivity contribution in [2.75, 3.05) is 57.8 Å². The Morgan fingerprint density at radius 3 is 2.86 bits per heavy atom. The van der Waals surface area contributed by atoms with Crippen LogP contribution in [0.25, 0.3) is 0 Å². The van der Waals surface area contributed by atoms with Crippen molar-refractivity contribution in [1.29, 1.82) is 0 Å². The normalized spacial score (nSPS) is 25.2. The van der Waals surface area contributed by atoms with Crippen LogP contribution in [0.5, 0.6) is 5.75 Å². The van der Waals surface area contributed by atoms with E-state index in [0.717, 1.165) is 26.2 Å².